The van der Waals surface area contributed by atoms with Crippen LogP contribution < -0.4 is 4.57 Å². The minimum absolute atomic E-state index is 1.07. The molecule has 72 valence electrons. The number of hydrogen-bond acceptors (Lipinski definition) is 1. The Morgan fingerprint density at radius 2 is 2.15 bits per heavy atom. The van der Waals surface area contributed by atoms with Gasteiger partial charge in [0.25, 0.3) is 0 Å². The number of thiocarbonyl (C=S) groups is 1. The highest BCUT2D eigenvalue weighted by atomic mass is 32.1. The summed E-state index contributed by atoms with van der Waals surface area (Å²) in [7, 11) is 0. The summed E-state index contributed by atoms with van der Waals surface area (Å²) in [6.45, 7) is 6.54. The highest BCUT2D eigenvalue weighted by molar-refractivity contribution is 7.78. The molecule has 0 bridgehead atoms. The summed E-state index contributed by atoms with van der Waals surface area (Å²) >= 11 is 3.70. The predicted octanol–water partition coefficient (Wildman–Crippen LogP) is 1.86. The molecule has 4 heteroatoms. The Hall–Kier alpha value is -0.990. The molecule has 0 unspecified atom stereocenters. The molecule has 0 fully saturated rings. The normalized spacial score (nSPS) is 8.46. The molecule has 0 amide bonds. The first-order valence-corrected chi connectivity index (χ1v) is 4.75. The first kappa shape index (κ1) is 12.0. The quantitative estimate of drug-likeness (QED) is 0.413. The molecule has 0 aromatic carbocycles. The summed E-state index contributed by atoms with van der Waals surface area (Å²) in [4.78, 5) is 0. The van der Waals surface area contributed by atoms with Crippen molar-refractivity contribution in [1.82, 2.24) is 4.57 Å². The first-order chi connectivity index (χ1) is 6.28. The average molecular weight is 197 g/mol. The number of hydrogen-bond donors (Lipinski definition) is 0. The molecule has 0 aliphatic heterocycles. The molecule has 0 N–H and O–H groups in total. The van der Waals surface area contributed by atoms with Crippen molar-refractivity contribution in [3.63, 3.8) is 0 Å². The van der Waals surface area contributed by atoms with Crippen molar-refractivity contribution in [3.05, 3.63) is 24.1 Å². The van der Waals surface area contributed by atoms with Crippen LogP contribution in [0.3, 0.4) is 0 Å². The molecule has 0 saturated heterocycles. The second kappa shape index (κ2) is 7.65. The molecule has 0 radical (unpaired) electrons. The molecule has 0 spiro atoms. The molecule has 1 heterocycles. The van der Waals surface area contributed by atoms with Crippen molar-refractivity contribution in [2.24, 2.45) is 0 Å². The number of isothiocyanates is 1. The van der Waals surface area contributed by atoms with Crippen LogP contribution in [0.4, 0.5) is 0 Å². The Morgan fingerprint density at radius 3 is 2.54 bits per heavy atom. The topological polar surface area (TPSA) is 31.1 Å². The van der Waals surface area contributed by atoms with Gasteiger partial charge < -0.3 is 5.41 Å². The fourth-order valence-electron chi connectivity index (χ4n) is 1.02. The predicted molar refractivity (Wildman–Crippen MR) is 56.5 cm³/mol. The summed E-state index contributed by atoms with van der Waals surface area (Å²) in [6.07, 6.45) is 7.57. The van der Waals surface area contributed by atoms with Crippen molar-refractivity contribution in [2.75, 3.05) is 0 Å². The molecule has 3 nitrogen and oxygen atoms in total. The van der Waals surface area contributed by atoms with Crippen molar-refractivity contribution < 1.29 is 4.57 Å². The lowest BCUT2D eigenvalue weighted by Gasteiger charge is -1.88. The number of aromatic nitrogens is 2. The second-order valence-electron chi connectivity index (χ2n) is 2.57. The number of imidazole rings is 1. The van der Waals surface area contributed by atoms with E-state index < -0.39 is 0 Å². The largest absolute Gasteiger partial charge is 0.753 e. The van der Waals surface area contributed by atoms with Crippen LogP contribution in [0, 0.1) is 0 Å². The van der Waals surface area contributed by atoms with E-state index in [-0.39, 0.29) is 0 Å². The fourth-order valence-corrected chi connectivity index (χ4v) is 1.02. The van der Waals surface area contributed by atoms with Crippen LogP contribution in [0.5, 0.6) is 0 Å². The first-order valence-electron chi connectivity index (χ1n) is 4.34. The van der Waals surface area contributed by atoms with Gasteiger partial charge in [-0.1, -0.05) is 19.1 Å². The van der Waals surface area contributed by atoms with Crippen LogP contribution >= 0.6 is 12.2 Å². The Labute approximate surface area is 84.5 Å². The molecule has 0 saturated carbocycles. The van der Waals surface area contributed by atoms with E-state index in [1.165, 1.54) is 11.6 Å². The molecular weight excluding hydrogens is 182 g/mol. The van der Waals surface area contributed by atoms with Gasteiger partial charge in [-0.05, 0) is 13.3 Å². The van der Waals surface area contributed by atoms with Crippen LogP contribution in [0.15, 0.2) is 18.7 Å². The van der Waals surface area contributed by atoms with Gasteiger partial charge in [-0.25, -0.2) is 9.13 Å². The second-order valence-corrected chi connectivity index (χ2v) is 2.76. The standard InChI is InChI=1S/C8H15N2.CNS/c1-3-5-10-7-6-9(4-2)8-10;2-1-3/h6-8H,3-5H2,1-2H3;/q+1;-1. The van der Waals surface area contributed by atoms with Gasteiger partial charge in [0.05, 0.1) is 13.1 Å². The molecule has 0 aliphatic carbocycles. The lowest BCUT2D eigenvalue weighted by Crippen LogP contribution is -2.30. The van der Waals surface area contributed by atoms with Crippen molar-refractivity contribution in [3.8, 4) is 0 Å². The van der Waals surface area contributed by atoms with Crippen LogP contribution in [-0.2, 0) is 13.1 Å². The molecular formula is C9H15N3S. The Morgan fingerprint density at radius 1 is 1.54 bits per heavy atom. The van der Waals surface area contributed by atoms with E-state index in [4.69, 9.17) is 5.41 Å². The van der Waals surface area contributed by atoms with E-state index in [9.17, 15) is 0 Å². The Balaban J connectivity index is 0.000000424. The van der Waals surface area contributed by atoms with Crippen LogP contribution in [0.2, 0.25) is 0 Å². The van der Waals surface area contributed by atoms with Gasteiger partial charge in [-0.15, -0.1) is 0 Å². The lowest BCUT2D eigenvalue weighted by molar-refractivity contribution is -0.696. The summed E-state index contributed by atoms with van der Waals surface area (Å²) in [6, 6.07) is 0. The van der Waals surface area contributed by atoms with Gasteiger partial charge in [0.2, 0.25) is 6.33 Å². The Bertz CT molecular complexity index is 262. The number of nitrogens with zero attached hydrogens (tertiary/aromatic N) is 3. The van der Waals surface area contributed by atoms with E-state index in [1.54, 1.807) is 0 Å². The zero-order valence-electron chi connectivity index (χ0n) is 8.10. The zero-order valence-corrected chi connectivity index (χ0v) is 8.92. The van der Waals surface area contributed by atoms with Crippen molar-refractivity contribution in [1.29, 1.82) is 0 Å². The van der Waals surface area contributed by atoms with Gasteiger partial charge in [-0.2, -0.15) is 5.16 Å². The van der Waals surface area contributed by atoms with E-state index >= 15 is 0 Å². The SMILES string of the molecule is CCC[n+]1ccn(CC)c1.[N-]=C=S. The summed E-state index contributed by atoms with van der Waals surface area (Å²) in [5.41, 5.74) is 0. The van der Waals surface area contributed by atoms with E-state index in [2.05, 4.69) is 53.9 Å². The summed E-state index contributed by atoms with van der Waals surface area (Å²) in [5.74, 6) is 0. The fraction of sp³-hybridized carbons (Fsp3) is 0.556. The van der Waals surface area contributed by atoms with Crippen LogP contribution in [0.1, 0.15) is 20.3 Å². The number of aryl methyl sites for hydroxylation is 2. The monoisotopic (exact) mass is 197 g/mol. The Kier molecular flexibility index (Phi) is 7.07. The van der Waals surface area contributed by atoms with Gasteiger partial charge in [0.1, 0.15) is 12.4 Å². The third-order valence-electron chi connectivity index (χ3n) is 1.59. The minimum atomic E-state index is 1.07. The summed E-state index contributed by atoms with van der Waals surface area (Å²) in [5, 5.41) is 8.47. The van der Waals surface area contributed by atoms with Gasteiger partial charge in [-0.3, -0.25) is 0 Å². The van der Waals surface area contributed by atoms with Crippen molar-refractivity contribution >= 4 is 17.4 Å². The van der Waals surface area contributed by atoms with E-state index in [0.29, 0.717) is 0 Å². The highest BCUT2D eigenvalue weighted by Gasteiger charge is 1.97. The highest BCUT2D eigenvalue weighted by Crippen LogP contribution is 1.83. The zero-order chi connectivity index (χ0) is 10.1. The molecule has 0 atom stereocenters. The van der Waals surface area contributed by atoms with Gasteiger partial charge >= 0.3 is 0 Å². The average Bonchev–Trinajstić information content (AvgIpc) is 2.54. The summed E-state index contributed by atoms with van der Waals surface area (Å²) < 4.78 is 4.39. The maximum atomic E-state index is 7.13. The van der Waals surface area contributed by atoms with Crippen LogP contribution in [0.25, 0.3) is 5.41 Å². The van der Waals surface area contributed by atoms with Crippen molar-refractivity contribution in [2.45, 2.75) is 33.4 Å². The lowest BCUT2D eigenvalue weighted by atomic mass is 10.5. The molecule has 13 heavy (non-hydrogen) atoms. The molecule has 1 rings (SSSR count). The third-order valence-corrected chi connectivity index (χ3v) is 1.59. The van der Waals surface area contributed by atoms with Gasteiger partial charge in [0.15, 0.2) is 0 Å². The van der Waals surface area contributed by atoms with Crippen LogP contribution in [-0.4, -0.2) is 9.73 Å². The number of rotatable bonds is 3. The molecule has 1 aromatic rings. The molecule has 0 aliphatic rings. The van der Waals surface area contributed by atoms with E-state index in [1.807, 2.05) is 0 Å². The molecule has 1 aromatic heterocycles. The maximum Gasteiger partial charge on any atom is 0.243 e. The minimum Gasteiger partial charge on any atom is -0.753 e. The van der Waals surface area contributed by atoms with Gasteiger partial charge in [0, 0.05) is 0 Å². The van der Waals surface area contributed by atoms with E-state index in [0.717, 1.165) is 13.1 Å². The smallest absolute Gasteiger partial charge is 0.243 e. The third kappa shape index (κ3) is 5.28. The maximum absolute atomic E-state index is 7.13.